The largest absolute Gasteiger partial charge is 0.275 e. The highest BCUT2D eigenvalue weighted by atomic mass is 15.2. The number of nitrogens with zero attached hydrogens (tertiary/aromatic N) is 3. The summed E-state index contributed by atoms with van der Waals surface area (Å²) >= 11 is 0. The lowest BCUT2D eigenvalue weighted by Gasteiger charge is -2.25. The summed E-state index contributed by atoms with van der Waals surface area (Å²) in [5, 5.41) is 0. The second kappa shape index (κ2) is 7.26. The van der Waals surface area contributed by atoms with E-state index in [1.54, 1.807) is 0 Å². The zero-order valence-corrected chi connectivity index (χ0v) is 19.5. The van der Waals surface area contributed by atoms with E-state index in [4.69, 9.17) is 0 Å². The van der Waals surface area contributed by atoms with E-state index in [2.05, 4.69) is 110 Å². The Morgan fingerprint density at radius 1 is 0.548 bits per heavy atom. The Morgan fingerprint density at radius 3 is 1.29 bits per heavy atom. The molecule has 1 aromatic heterocycles. The van der Waals surface area contributed by atoms with Gasteiger partial charge in [0.25, 0.3) is 28.9 Å². The van der Waals surface area contributed by atoms with Crippen molar-refractivity contribution in [1.82, 2.24) is 0 Å². The SMILES string of the molecule is CC1=[N+](c2c(C)cccc2C)CC2C[N+](c3c(C)cccc3C)=C(C)c3cccc1[n+]32. The Balaban J connectivity index is 1.73. The van der Waals surface area contributed by atoms with Crippen LogP contribution in [0.15, 0.2) is 54.6 Å². The van der Waals surface area contributed by atoms with Gasteiger partial charge < -0.3 is 0 Å². The summed E-state index contributed by atoms with van der Waals surface area (Å²) in [6, 6.07) is 20.4. The fraction of sp³-hybridized carbons (Fsp3) is 0.321. The van der Waals surface area contributed by atoms with Crippen molar-refractivity contribution in [3.63, 3.8) is 0 Å². The molecule has 0 bridgehead atoms. The molecule has 156 valence electrons. The van der Waals surface area contributed by atoms with Crippen LogP contribution in [0.5, 0.6) is 0 Å². The number of rotatable bonds is 2. The lowest BCUT2D eigenvalue weighted by molar-refractivity contribution is -0.781. The molecule has 0 radical (unpaired) electrons. The van der Waals surface area contributed by atoms with E-state index in [1.807, 2.05) is 0 Å². The predicted molar refractivity (Wildman–Crippen MR) is 127 cm³/mol. The number of benzene rings is 2. The summed E-state index contributed by atoms with van der Waals surface area (Å²) in [5.74, 6) is 0. The summed E-state index contributed by atoms with van der Waals surface area (Å²) < 4.78 is 7.69. The summed E-state index contributed by atoms with van der Waals surface area (Å²) in [7, 11) is 0. The van der Waals surface area contributed by atoms with Gasteiger partial charge in [0.2, 0.25) is 24.5 Å². The highest BCUT2D eigenvalue weighted by Crippen LogP contribution is 2.31. The lowest BCUT2D eigenvalue weighted by atomic mass is 9.99. The molecule has 0 saturated carbocycles. The average Bonchev–Trinajstić information content (AvgIpc) is 2.74. The fourth-order valence-electron chi connectivity index (χ4n) is 5.68. The van der Waals surface area contributed by atoms with Crippen molar-refractivity contribution >= 4 is 22.8 Å². The number of hydrogen-bond donors (Lipinski definition) is 0. The summed E-state index contributed by atoms with van der Waals surface area (Å²) in [6.07, 6.45) is 0. The predicted octanol–water partition coefficient (Wildman–Crippen LogP) is 5.08. The summed E-state index contributed by atoms with van der Waals surface area (Å²) in [6.45, 7) is 15.5. The second-order valence-corrected chi connectivity index (χ2v) is 9.19. The number of pyridine rings is 1. The molecule has 31 heavy (non-hydrogen) atoms. The molecule has 0 fully saturated rings. The van der Waals surface area contributed by atoms with Crippen LogP contribution in [-0.4, -0.2) is 33.7 Å². The van der Waals surface area contributed by atoms with Crippen LogP contribution in [0.4, 0.5) is 11.4 Å². The van der Waals surface area contributed by atoms with Crippen LogP contribution >= 0.6 is 0 Å². The maximum atomic E-state index is 2.58. The molecule has 5 rings (SSSR count). The van der Waals surface area contributed by atoms with Gasteiger partial charge in [-0.2, -0.15) is 13.7 Å². The first-order valence-corrected chi connectivity index (χ1v) is 11.3. The summed E-state index contributed by atoms with van der Waals surface area (Å²) in [5.41, 5.74) is 13.4. The number of hydrogen-bond acceptors (Lipinski definition) is 0. The normalized spacial score (nSPS) is 16.1. The van der Waals surface area contributed by atoms with Crippen molar-refractivity contribution in [3.05, 3.63) is 88.2 Å². The third-order valence-electron chi connectivity index (χ3n) is 7.15. The van der Waals surface area contributed by atoms with Crippen molar-refractivity contribution in [2.45, 2.75) is 47.6 Å². The molecule has 3 aromatic rings. The van der Waals surface area contributed by atoms with Crippen LogP contribution in [0.25, 0.3) is 0 Å². The molecule has 2 aliphatic rings. The highest BCUT2D eigenvalue weighted by Gasteiger charge is 2.48. The molecule has 0 atom stereocenters. The third kappa shape index (κ3) is 2.98. The van der Waals surface area contributed by atoms with Crippen molar-refractivity contribution in [2.75, 3.05) is 13.1 Å². The van der Waals surface area contributed by atoms with Crippen LogP contribution in [0.3, 0.4) is 0 Å². The molecule has 2 aliphatic heterocycles. The van der Waals surface area contributed by atoms with Crippen molar-refractivity contribution in [3.8, 4) is 0 Å². The molecule has 3 nitrogen and oxygen atoms in total. The second-order valence-electron chi connectivity index (χ2n) is 9.19. The van der Waals surface area contributed by atoms with Crippen molar-refractivity contribution in [2.24, 2.45) is 0 Å². The molecule has 3 heterocycles. The zero-order valence-electron chi connectivity index (χ0n) is 19.5. The van der Waals surface area contributed by atoms with Crippen LogP contribution < -0.4 is 4.57 Å². The minimum Gasteiger partial charge on any atom is -0.183 e. The Hall–Kier alpha value is -3.07. The van der Waals surface area contributed by atoms with Gasteiger partial charge in [0.05, 0.1) is 0 Å². The maximum absolute atomic E-state index is 2.58. The molecule has 0 amide bonds. The number of para-hydroxylation sites is 2. The van der Waals surface area contributed by atoms with Crippen LogP contribution in [0.2, 0.25) is 0 Å². The standard InChI is InChI=1S/C28H32N3/c1-18-10-7-11-19(2)27(18)29-16-24-17-30(28-20(3)12-8-13-21(28)4)23(6)26-15-9-14-25(22(29)5)31(24)26/h7-15,24H,16-17H2,1-6H3/q+3. The molecule has 2 aromatic carbocycles. The number of aromatic nitrogens is 1. The maximum Gasteiger partial charge on any atom is 0.275 e. The average molecular weight is 411 g/mol. The van der Waals surface area contributed by atoms with Gasteiger partial charge in [-0.1, -0.05) is 36.4 Å². The van der Waals surface area contributed by atoms with Gasteiger partial charge in [0.15, 0.2) is 0 Å². The van der Waals surface area contributed by atoms with E-state index in [9.17, 15) is 0 Å². The molecule has 3 heteroatoms. The van der Waals surface area contributed by atoms with E-state index in [1.165, 1.54) is 56.4 Å². The van der Waals surface area contributed by atoms with Gasteiger partial charge in [-0.15, -0.1) is 0 Å². The van der Waals surface area contributed by atoms with Gasteiger partial charge >= 0.3 is 0 Å². The Bertz CT molecular complexity index is 1160. The topological polar surface area (TPSA) is 9.90 Å². The van der Waals surface area contributed by atoms with Crippen LogP contribution in [-0.2, 0) is 0 Å². The van der Waals surface area contributed by atoms with E-state index >= 15 is 0 Å². The van der Waals surface area contributed by atoms with Crippen molar-refractivity contribution in [1.29, 1.82) is 0 Å². The van der Waals surface area contributed by atoms with Gasteiger partial charge in [0, 0.05) is 48.2 Å². The quantitative estimate of drug-likeness (QED) is 0.521. The monoisotopic (exact) mass is 410 g/mol. The van der Waals surface area contributed by atoms with E-state index in [-0.39, 0.29) is 0 Å². The van der Waals surface area contributed by atoms with Crippen LogP contribution in [0, 0.1) is 27.7 Å². The third-order valence-corrected chi connectivity index (χ3v) is 7.15. The smallest absolute Gasteiger partial charge is 0.183 e. The summed E-state index contributed by atoms with van der Waals surface area (Å²) in [4.78, 5) is 0. The fourth-order valence-corrected chi connectivity index (χ4v) is 5.68. The molecule has 0 unspecified atom stereocenters. The van der Waals surface area contributed by atoms with E-state index < -0.39 is 0 Å². The Morgan fingerprint density at radius 2 is 0.903 bits per heavy atom. The molecule has 0 saturated heterocycles. The first-order valence-electron chi connectivity index (χ1n) is 11.3. The Labute approximate surface area is 185 Å². The Kier molecular flexibility index (Phi) is 4.65. The van der Waals surface area contributed by atoms with Gasteiger partial charge in [-0.25, -0.2) is 0 Å². The number of aryl methyl sites for hydroxylation is 4. The zero-order chi connectivity index (χ0) is 21.9. The van der Waals surface area contributed by atoms with Gasteiger partial charge in [-0.3, -0.25) is 0 Å². The van der Waals surface area contributed by atoms with Crippen molar-refractivity contribution < 1.29 is 13.7 Å². The minimum absolute atomic E-state index is 0.386. The van der Waals surface area contributed by atoms with Gasteiger partial charge in [0.1, 0.15) is 0 Å². The highest BCUT2D eigenvalue weighted by molar-refractivity contribution is 5.96. The van der Waals surface area contributed by atoms with Crippen LogP contribution in [0.1, 0.15) is 53.5 Å². The molecule has 0 N–H and O–H groups in total. The molecule has 0 spiro atoms. The lowest BCUT2D eigenvalue weighted by Crippen LogP contribution is -2.61. The molecular formula is C28H32N3+3. The van der Waals surface area contributed by atoms with Gasteiger partial charge in [-0.05, 0) is 33.8 Å². The molecule has 0 aliphatic carbocycles. The van der Waals surface area contributed by atoms with E-state index in [0.29, 0.717) is 6.04 Å². The first kappa shape index (κ1) is 19.9. The molecular weight excluding hydrogens is 378 g/mol. The first-order chi connectivity index (χ1) is 14.9. The minimum atomic E-state index is 0.386. The van der Waals surface area contributed by atoms with E-state index in [0.717, 1.165) is 13.1 Å².